The average Bonchev–Trinajstić information content (AvgIpc) is 3.08. The molecule has 2 aromatic carbocycles. The molecule has 3 rings (SSSR count). The highest BCUT2D eigenvalue weighted by molar-refractivity contribution is 5.88. The van der Waals surface area contributed by atoms with Gasteiger partial charge in [-0.3, -0.25) is 9.59 Å². The maximum absolute atomic E-state index is 12.1. The van der Waals surface area contributed by atoms with E-state index >= 15 is 0 Å². The Morgan fingerprint density at radius 1 is 1.03 bits per heavy atom. The van der Waals surface area contributed by atoms with Gasteiger partial charge in [-0.1, -0.05) is 68.5 Å². The van der Waals surface area contributed by atoms with Gasteiger partial charge in [-0.05, 0) is 28.2 Å². The summed E-state index contributed by atoms with van der Waals surface area (Å²) in [6, 6.07) is 15.8. The number of nitrogens with one attached hydrogen (secondary N) is 2. The van der Waals surface area contributed by atoms with E-state index in [-0.39, 0.29) is 31.4 Å². The maximum Gasteiger partial charge on any atom is 0.407 e. The van der Waals surface area contributed by atoms with Gasteiger partial charge in [-0.2, -0.15) is 0 Å². The Kier molecular flexibility index (Phi) is 7.65. The summed E-state index contributed by atoms with van der Waals surface area (Å²) in [6.45, 7) is 4.03. The molecule has 7 heteroatoms. The van der Waals surface area contributed by atoms with Gasteiger partial charge in [-0.15, -0.1) is 0 Å². The standard InChI is InChI=1S/C25H28N2O5/c1-16(2)22(14-24(29)30)27-23(28)12-7-13-26-25(31)32-15-21-19-10-5-3-8-17(19)18-9-4-6-11-20(18)21/h3-12,16,21-22H,13-15H2,1-2H3,(H,26,31)(H,27,28)(H,29,30)/b12-7+/t22-/m0/s1. The minimum atomic E-state index is -0.968. The zero-order valence-corrected chi connectivity index (χ0v) is 18.2. The number of carboxylic acid groups (broad SMARTS) is 1. The predicted molar refractivity (Wildman–Crippen MR) is 121 cm³/mol. The number of carbonyl (C=O) groups is 3. The highest BCUT2D eigenvalue weighted by Crippen LogP contribution is 2.44. The van der Waals surface area contributed by atoms with Gasteiger partial charge in [0.1, 0.15) is 6.61 Å². The molecule has 1 atom stereocenters. The molecule has 0 fully saturated rings. The molecule has 0 heterocycles. The maximum atomic E-state index is 12.1. The van der Waals surface area contributed by atoms with Crippen molar-refractivity contribution in [2.75, 3.05) is 13.2 Å². The van der Waals surface area contributed by atoms with E-state index < -0.39 is 24.0 Å². The lowest BCUT2D eigenvalue weighted by atomic mass is 9.98. The van der Waals surface area contributed by atoms with E-state index in [2.05, 4.69) is 34.9 Å². The van der Waals surface area contributed by atoms with E-state index in [4.69, 9.17) is 9.84 Å². The van der Waals surface area contributed by atoms with Gasteiger partial charge in [0.2, 0.25) is 5.91 Å². The van der Waals surface area contributed by atoms with E-state index in [0.29, 0.717) is 0 Å². The third-order valence-corrected chi connectivity index (χ3v) is 5.50. The Morgan fingerprint density at radius 3 is 2.19 bits per heavy atom. The molecule has 1 aliphatic rings. The second-order valence-electron chi connectivity index (χ2n) is 8.07. The lowest BCUT2D eigenvalue weighted by molar-refractivity contribution is -0.138. The van der Waals surface area contributed by atoms with E-state index in [1.807, 2.05) is 38.1 Å². The molecule has 2 aromatic rings. The first-order valence-corrected chi connectivity index (χ1v) is 10.6. The molecule has 2 amide bonds. The van der Waals surface area contributed by atoms with Gasteiger partial charge in [0.25, 0.3) is 0 Å². The van der Waals surface area contributed by atoms with Gasteiger partial charge in [-0.25, -0.2) is 4.79 Å². The molecular formula is C25H28N2O5. The van der Waals surface area contributed by atoms with E-state index in [0.717, 1.165) is 22.3 Å². The average molecular weight is 437 g/mol. The van der Waals surface area contributed by atoms with Crippen molar-refractivity contribution < 1.29 is 24.2 Å². The molecule has 0 spiro atoms. The van der Waals surface area contributed by atoms with Crippen molar-refractivity contribution in [2.45, 2.75) is 32.2 Å². The Morgan fingerprint density at radius 2 is 1.62 bits per heavy atom. The van der Waals surface area contributed by atoms with Crippen molar-refractivity contribution in [1.29, 1.82) is 0 Å². The number of alkyl carbamates (subject to hydrolysis) is 1. The van der Waals surface area contributed by atoms with E-state index in [1.54, 1.807) is 0 Å². The van der Waals surface area contributed by atoms with Crippen LogP contribution in [0.15, 0.2) is 60.7 Å². The Bertz CT molecular complexity index is 969. The van der Waals surface area contributed by atoms with Crippen LogP contribution < -0.4 is 10.6 Å². The minimum absolute atomic E-state index is 0.0117. The quantitative estimate of drug-likeness (QED) is 0.520. The second-order valence-corrected chi connectivity index (χ2v) is 8.07. The lowest BCUT2D eigenvalue weighted by Crippen LogP contribution is -2.39. The molecule has 0 bridgehead atoms. The summed E-state index contributed by atoms with van der Waals surface area (Å²) in [5, 5.41) is 14.2. The van der Waals surface area contributed by atoms with Crippen molar-refractivity contribution in [1.82, 2.24) is 10.6 Å². The largest absolute Gasteiger partial charge is 0.481 e. The van der Waals surface area contributed by atoms with Gasteiger partial charge in [0.15, 0.2) is 0 Å². The number of benzene rings is 2. The molecule has 1 aliphatic carbocycles. The minimum Gasteiger partial charge on any atom is -0.481 e. The first-order chi connectivity index (χ1) is 15.4. The van der Waals surface area contributed by atoms with Gasteiger partial charge < -0.3 is 20.5 Å². The lowest BCUT2D eigenvalue weighted by Gasteiger charge is -2.19. The van der Waals surface area contributed by atoms with Crippen LogP contribution in [0.4, 0.5) is 4.79 Å². The fraction of sp³-hybridized carbons (Fsp3) is 0.320. The molecule has 0 radical (unpaired) electrons. The molecule has 32 heavy (non-hydrogen) atoms. The zero-order chi connectivity index (χ0) is 23.1. The third-order valence-electron chi connectivity index (χ3n) is 5.50. The summed E-state index contributed by atoms with van der Waals surface area (Å²) in [7, 11) is 0. The fourth-order valence-electron chi connectivity index (χ4n) is 3.83. The van der Waals surface area contributed by atoms with Crippen molar-refractivity contribution in [3.8, 4) is 11.1 Å². The third kappa shape index (κ3) is 5.75. The monoisotopic (exact) mass is 436 g/mol. The fourth-order valence-corrected chi connectivity index (χ4v) is 3.83. The second kappa shape index (κ2) is 10.6. The van der Waals surface area contributed by atoms with Crippen LogP contribution in [-0.2, 0) is 14.3 Å². The number of ether oxygens (including phenoxy) is 1. The van der Waals surface area contributed by atoms with Crippen molar-refractivity contribution in [3.63, 3.8) is 0 Å². The molecule has 0 aromatic heterocycles. The normalized spacial score (nSPS) is 13.5. The number of amides is 2. The number of aliphatic carboxylic acids is 1. The smallest absolute Gasteiger partial charge is 0.407 e. The van der Waals surface area contributed by atoms with E-state index in [9.17, 15) is 14.4 Å². The van der Waals surface area contributed by atoms with Gasteiger partial charge >= 0.3 is 12.1 Å². The van der Waals surface area contributed by atoms with Crippen LogP contribution in [0, 0.1) is 5.92 Å². The molecule has 0 saturated heterocycles. The summed E-state index contributed by atoms with van der Waals surface area (Å²) in [4.78, 5) is 35.0. The SMILES string of the molecule is CC(C)[C@H](CC(=O)O)NC(=O)/C=C/CNC(=O)OCC1c2ccccc2-c2ccccc21. The highest BCUT2D eigenvalue weighted by atomic mass is 16.5. The van der Waals surface area contributed by atoms with Crippen LogP contribution in [0.25, 0.3) is 11.1 Å². The first kappa shape index (κ1) is 23.1. The van der Waals surface area contributed by atoms with Crippen LogP contribution in [-0.4, -0.2) is 42.3 Å². The molecule has 168 valence electrons. The summed E-state index contributed by atoms with van der Waals surface area (Å²) in [5.74, 6) is -1.40. The van der Waals surface area contributed by atoms with Crippen molar-refractivity contribution in [3.05, 3.63) is 71.8 Å². The number of hydrogen-bond donors (Lipinski definition) is 3. The molecule has 7 nitrogen and oxygen atoms in total. The van der Waals surface area contributed by atoms with Crippen LogP contribution in [0.2, 0.25) is 0 Å². The van der Waals surface area contributed by atoms with E-state index in [1.165, 1.54) is 12.2 Å². The summed E-state index contributed by atoms with van der Waals surface area (Å²) in [6.07, 6.45) is 2.06. The summed E-state index contributed by atoms with van der Waals surface area (Å²) < 4.78 is 5.44. The molecule has 0 aliphatic heterocycles. The Balaban J connectivity index is 1.47. The predicted octanol–water partition coefficient (Wildman–Crippen LogP) is 3.70. The Labute approximate surface area is 187 Å². The number of hydrogen-bond acceptors (Lipinski definition) is 4. The first-order valence-electron chi connectivity index (χ1n) is 10.6. The number of rotatable bonds is 9. The Hall–Kier alpha value is -3.61. The molecular weight excluding hydrogens is 408 g/mol. The number of carbonyl (C=O) groups excluding carboxylic acids is 2. The van der Waals surface area contributed by atoms with Crippen LogP contribution >= 0.6 is 0 Å². The molecule has 0 unspecified atom stereocenters. The summed E-state index contributed by atoms with van der Waals surface area (Å²) >= 11 is 0. The van der Waals surface area contributed by atoms with Crippen LogP contribution in [0.5, 0.6) is 0 Å². The molecule has 0 saturated carbocycles. The van der Waals surface area contributed by atoms with Crippen LogP contribution in [0.1, 0.15) is 37.3 Å². The van der Waals surface area contributed by atoms with Gasteiger partial charge in [0.05, 0.1) is 6.42 Å². The van der Waals surface area contributed by atoms with Crippen molar-refractivity contribution in [2.24, 2.45) is 5.92 Å². The molecule has 3 N–H and O–H groups in total. The zero-order valence-electron chi connectivity index (χ0n) is 18.2. The van der Waals surface area contributed by atoms with Crippen molar-refractivity contribution >= 4 is 18.0 Å². The van der Waals surface area contributed by atoms with Crippen LogP contribution in [0.3, 0.4) is 0 Å². The highest BCUT2D eigenvalue weighted by Gasteiger charge is 2.28. The number of fused-ring (bicyclic) bond motifs is 3. The van der Waals surface area contributed by atoms with Gasteiger partial charge in [0, 0.05) is 24.6 Å². The summed E-state index contributed by atoms with van der Waals surface area (Å²) in [5.41, 5.74) is 4.60. The number of carboxylic acids is 1. The topological polar surface area (TPSA) is 105 Å².